The zero-order valence-electron chi connectivity index (χ0n) is 7.55. The molecule has 0 bridgehead atoms. The number of nitrogens with one attached hydrogen (secondary N) is 1. The number of aromatic nitrogens is 2. The maximum atomic E-state index is 11.5. The first-order valence-corrected chi connectivity index (χ1v) is 5.01. The molecule has 0 unspecified atom stereocenters. The third kappa shape index (κ3) is 1.37. The van der Waals surface area contributed by atoms with E-state index in [0.29, 0.717) is 5.39 Å². The van der Waals surface area contributed by atoms with Crippen molar-refractivity contribution in [3.63, 3.8) is 0 Å². The van der Waals surface area contributed by atoms with Gasteiger partial charge in [-0.25, -0.2) is 4.98 Å². The quantitative estimate of drug-likeness (QED) is 0.753. The highest BCUT2D eigenvalue weighted by atomic mass is 32.1. The van der Waals surface area contributed by atoms with Gasteiger partial charge < -0.3 is 4.98 Å². The van der Waals surface area contributed by atoms with Gasteiger partial charge in [0.1, 0.15) is 10.7 Å². The summed E-state index contributed by atoms with van der Waals surface area (Å²) in [4.78, 5) is 20.5. The Hall–Kier alpha value is -1.16. The third-order valence-corrected chi connectivity index (χ3v) is 2.85. The SMILES string of the molecule is CCc1nc2sc(C)cc2c(=O)[nH]1. The second-order valence-corrected chi connectivity index (χ2v) is 4.18. The minimum atomic E-state index is -0.0220. The van der Waals surface area contributed by atoms with Gasteiger partial charge in [-0.2, -0.15) is 0 Å². The van der Waals surface area contributed by atoms with E-state index < -0.39 is 0 Å². The molecule has 0 amide bonds. The van der Waals surface area contributed by atoms with E-state index in [-0.39, 0.29) is 5.56 Å². The van der Waals surface area contributed by atoms with Gasteiger partial charge in [-0.15, -0.1) is 11.3 Å². The number of nitrogens with zero attached hydrogens (tertiary/aromatic N) is 1. The van der Waals surface area contributed by atoms with Crippen molar-refractivity contribution in [3.05, 3.63) is 27.1 Å². The van der Waals surface area contributed by atoms with Crippen molar-refractivity contribution in [1.29, 1.82) is 0 Å². The van der Waals surface area contributed by atoms with Gasteiger partial charge in [0.05, 0.1) is 5.39 Å². The smallest absolute Gasteiger partial charge is 0.259 e. The standard InChI is InChI=1S/C9H10N2OS/c1-3-7-10-8(12)6-4-5(2)13-9(6)11-7/h4H,3H2,1-2H3,(H,10,11,12). The minimum absolute atomic E-state index is 0.0220. The highest BCUT2D eigenvalue weighted by Gasteiger charge is 2.05. The Morgan fingerprint density at radius 1 is 1.62 bits per heavy atom. The summed E-state index contributed by atoms with van der Waals surface area (Å²) in [6, 6.07) is 1.88. The molecule has 0 atom stereocenters. The van der Waals surface area contributed by atoms with Gasteiger partial charge in [-0.1, -0.05) is 6.92 Å². The van der Waals surface area contributed by atoms with Gasteiger partial charge in [-0.3, -0.25) is 4.79 Å². The van der Waals surface area contributed by atoms with Crippen LogP contribution in [-0.4, -0.2) is 9.97 Å². The van der Waals surface area contributed by atoms with E-state index in [1.165, 1.54) is 0 Å². The molecule has 4 heteroatoms. The number of rotatable bonds is 1. The fraction of sp³-hybridized carbons (Fsp3) is 0.333. The zero-order chi connectivity index (χ0) is 9.42. The molecule has 13 heavy (non-hydrogen) atoms. The van der Waals surface area contributed by atoms with Crippen LogP contribution in [0.3, 0.4) is 0 Å². The van der Waals surface area contributed by atoms with Gasteiger partial charge >= 0.3 is 0 Å². The summed E-state index contributed by atoms with van der Waals surface area (Å²) < 4.78 is 0. The number of fused-ring (bicyclic) bond motifs is 1. The largest absolute Gasteiger partial charge is 0.310 e. The van der Waals surface area contributed by atoms with Crippen LogP contribution in [0.1, 0.15) is 17.6 Å². The van der Waals surface area contributed by atoms with Crippen molar-refractivity contribution in [2.45, 2.75) is 20.3 Å². The molecule has 0 spiro atoms. The van der Waals surface area contributed by atoms with Gasteiger partial charge in [0.15, 0.2) is 0 Å². The van der Waals surface area contributed by atoms with Crippen LogP contribution in [0, 0.1) is 6.92 Å². The molecular weight excluding hydrogens is 184 g/mol. The Bertz CT molecular complexity index is 498. The first kappa shape index (κ1) is 8.44. The number of aryl methyl sites for hydroxylation is 2. The van der Waals surface area contributed by atoms with Gasteiger partial charge in [0, 0.05) is 11.3 Å². The lowest BCUT2D eigenvalue weighted by Crippen LogP contribution is -2.09. The average Bonchev–Trinajstić information content (AvgIpc) is 2.46. The topological polar surface area (TPSA) is 45.8 Å². The summed E-state index contributed by atoms with van der Waals surface area (Å²) in [7, 11) is 0. The van der Waals surface area contributed by atoms with Crippen molar-refractivity contribution in [2.24, 2.45) is 0 Å². The molecule has 2 heterocycles. The molecule has 3 nitrogen and oxygen atoms in total. The van der Waals surface area contributed by atoms with Crippen LogP contribution in [0.5, 0.6) is 0 Å². The Labute approximate surface area is 79.4 Å². The zero-order valence-corrected chi connectivity index (χ0v) is 8.36. The number of hydrogen-bond acceptors (Lipinski definition) is 3. The Kier molecular flexibility index (Phi) is 1.92. The van der Waals surface area contributed by atoms with Crippen LogP contribution in [-0.2, 0) is 6.42 Å². The molecule has 0 radical (unpaired) electrons. The molecule has 2 aromatic rings. The third-order valence-electron chi connectivity index (χ3n) is 1.91. The van der Waals surface area contributed by atoms with E-state index in [4.69, 9.17) is 0 Å². The molecule has 0 aromatic carbocycles. The normalized spacial score (nSPS) is 10.9. The van der Waals surface area contributed by atoms with Crippen molar-refractivity contribution >= 4 is 21.6 Å². The highest BCUT2D eigenvalue weighted by molar-refractivity contribution is 7.18. The van der Waals surface area contributed by atoms with Gasteiger partial charge in [0.2, 0.25) is 0 Å². The van der Waals surface area contributed by atoms with Crippen molar-refractivity contribution < 1.29 is 0 Å². The summed E-state index contributed by atoms with van der Waals surface area (Å²) in [5.74, 6) is 0.763. The second-order valence-electron chi connectivity index (χ2n) is 2.94. The average molecular weight is 194 g/mol. The maximum Gasteiger partial charge on any atom is 0.259 e. The van der Waals surface area contributed by atoms with Crippen molar-refractivity contribution in [1.82, 2.24) is 9.97 Å². The maximum absolute atomic E-state index is 11.5. The molecule has 2 aromatic heterocycles. The van der Waals surface area contributed by atoms with Crippen LogP contribution in [0.2, 0.25) is 0 Å². The number of aromatic amines is 1. The first-order valence-electron chi connectivity index (χ1n) is 4.20. The Morgan fingerprint density at radius 2 is 2.38 bits per heavy atom. The molecule has 2 rings (SSSR count). The monoisotopic (exact) mass is 194 g/mol. The first-order chi connectivity index (χ1) is 6.20. The fourth-order valence-corrected chi connectivity index (χ4v) is 2.16. The summed E-state index contributed by atoms with van der Waals surface area (Å²) in [5, 5.41) is 0.708. The van der Waals surface area contributed by atoms with Crippen LogP contribution < -0.4 is 5.56 Å². The fourth-order valence-electron chi connectivity index (χ4n) is 1.26. The molecule has 68 valence electrons. The summed E-state index contributed by atoms with van der Waals surface area (Å²) in [5.41, 5.74) is -0.0220. The number of hydrogen-bond donors (Lipinski definition) is 1. The molecule has 1 N–H and O–H groups in total. The van der Waals surface area contributed by atoms with Crippen molar-refractivity contribution in [3.8, 4) is 0 Å². The lowest BCUT2D eigenvalue weighted by atomic mass is 10.3. The molecular formula is C9H10N2OS. The van der Waals surface area contributed by atoms with E-state index in [2.05, 4.69) is 9.97 Å². The molecule has 0 saturated heterocycles. The molecule has 0 aliphatic rings. The van der Waals surface area contributed by atoms with Crippen LogP contribution >= 0.6 is 11.3 Å². The molecule has 0 saturated carbocycles. The minimum Gasteiger partial charge on any atom is -0.310 e. The lowest BCUT2D eigenvalue weighted by Gasteiger charge is -1.94. The molecule has 0 fully saturated rings. The molecule has 0 aliphatic carbocycles. The van der Waals surface area contributed by atoms with Crippen LogP contribution in [0.4, 0.5) is 0 Å². The van der Waals surface area contributed by atoms with Crippen molar-refractivity contribution in [2.75, 3.05) is 0 Å². The van der Waals surface area contributed by atoms with E-state index >= 15 is 0 Å². The number of H-pyrrole nitrogens is 1. The van der Waals surface area contributed by atoms with E-state index in [1.54, 1.807) is 11.3 Å². The lowest BCUT2D eigenvalue weighted by molar-refractivity contribution is 0.948. The van der Waals surface area contributed by atoms with E-state index in [1.807, 2.05) is 19.9 Å². The predicted octanol–water partition coefficient (Wildman–Crippen LogP) is 1.86. The second kappa shape index (κ2) is 2.96. The van der Waals surface area contributed by atoms with E-state index in [9.17, 15) is 4.79 Å². The summed E-state index contributed by atoms with van der Waals surface area (Å²) in [6.45, 7) is 3.96. The molecule has 0 aliphatic heterocycles. The Morgan fingerprint density at radius 3 is 3.08 bits per heavy atom. The summed E-state index contributed by atoms with van der Waals surface area (Å²) in [6.07, 6.45) is 0.766. The number of thiophene rings is 1. The Balaban J connectivity index is 2.83. The highest BCUT2D eigenvalue weighted by Crippen LogP contribution is 2.19. The van der Waals surface area contributed by atoms with Gasteiger partial charge in [0.25, 0.3) is 5.56 Å². The van der Waals surface area contributed by atoms with E-state index in [0.717, 1.165) is 22.0 Å². The van der Waals surface area contributed by atoms with Gasteiger partial charge in [-0.05, 0) is 13.0 Å². The predicted molar refractivity (Wildman–Crippen MR) is 54.4 cm³/mol. The van der Waals surface area contributed by atoms with Crippen LogP contribution in [0.25, 0.3) is 10.2 Å². The van der Waals surface area contributed by atoms with Crippen LogP contribution in [0.15, 0.2) is 10.9 Å². The summed E-state index contributed by atoms with van der Waals surface area (Å²) >= 11 is 1.56.